The summed E-state index contributed by atoms with van der Waals surface area (Å²) in [4.78, 5) is 2.27. The Labute approximate surface area is 123 Å². The van der Waals surface area contributed by atoms with E-state index in [1.165, 1.54) is 7.11 Å². The van der Waals surface area contributed by atoms with Gasteiger partial charge in [0.25, 0.3) is 0 Å². The van der Waals surface area contributed by atoms with Crippen LogP contribution in [0, 0.1) is 11.3 Å². The van der Waals surface area contributed by atoms with E-state index >= 15 is 0 Å². The Hall–Kier alpha value is -1.48. The smallest absolute Gasteiger partial charge is 0.179 e. The summed E-state index contributed by atoms with van der Waals surface area (Å²) in [6, 6.07) is 5.23. The maximum Gasteiger partial charge on any atom is 0.179 e. The molecule has 0 spiro atoms. The summed E-state index contributed by atoms with van der Waals surface area (Å²) in [5.74, 6) is 0.970. The number of hydrogen-bond acceptors (Lipinski definition) is 5. The van der Waals surface area contributed by atoms with E-state index in [0.29, 0.717) is 28.7 Å². The van der Waals surface area contributed by atoms with Crippen LogP contribution in [0.3, 0.4) is 0 Å². The van der Waals surface area contributed by atoms with Crippen molar-refractivity contribution in [2.75, 3.05) is 46.6 Å². The molecule has 20 heavy (non-hydrogen) atoms. The Morgan fingerprint density at radius 3 is 2.80 bits per heavy atom. The van der Waals surface area contributed by atoms with Crippen LogP contribution in [0.25, 0.3) is 0 Å². The zero-order chi connectivity index (χ0) is 14.4. The van der Waals surface area contributed by atoms with Crippen molar-refractivity contribution in [2.24, 2.45) is 0 Å². The predicted octanol–water partition coefficient (Wildman–Crippen LogP) is 1.93. The number of ether oxygens (including phenoxy) is 3. The number of nitriles is 1. The normalized spacial score (nSPS) is 15.7. The first kappa shape index (κ1) is 14.9. The number of morpholine rings is 1. The van der Waals surface area contributed by atoms with Crippen LogP contribution in [0.15, 0.2) is 12.1 Å². The van der Waals surface area contributed by atoms with Crippen LogP contribution >= 0.6 is 11.6 Å². The molecule has 6 heteroatoms. The molecular weight excluding hydrogens is 280 g/mol. The Morgan fingerprint density at radius 2 is 2.15 bits per heavy atom. The van der Waals surface area contributed by atoms with E-state index < -0.39 is 0 Å². The molecule has 1 saturated heterocycles. The average Bonchev–Trinajstić information content (AvgIpc) is 2.49. The molecule has 1 aliphatic rings. The zero-order valence-corrected chi connectivity index (χ0v) is 12.2. The van der Waals surface area contributed by atoms with Gasteiger partial charge in [0.05, 0.1) is 37.0 Å². The van der Waals surface area contributed by atoms with Crippen molar-refractivity contribution in [1.29, 1.82) is 5.26 Å². The fourth-order valence-electron chi connectivity index (χ4n) is 2.03. The maximum absolute atomic E-state index is 8.90. The molecular formula is C14H17ClN2O3. The van der Waals surface area contributed by atoms with Crippen LogP contribution in [0.5, 0.6) is 11.5 Å². The van der Waals surface area contributed by atoms with Gasteiger partial charge in [0.1, 0.15) is 6.61 Å². The Kier molecular flexibility index (Phi) is 5.48. The molecule has 1 aromatic rings. The highest BCUT2D eigenvalue weighted by Gasteiger charge is 2.14. The maximum atomic E-state index is 8.90. The lowest BCUT2D eigenvalue weighted by Gasteiger charge is -2.26. The lowest BCUT2D eigenvalue weighted by molar-refractivity contribution is 0.0321. The summed E-state index contributed by atoms with van der Waals surface area (Å²) in [5.41, 5.74) is 0.451. The Balaban J connectivity index is 1.96. The summed E-state index contributed by atoms with van der Waals surface area (Å²) >= 11 is 6.12. The van der Waals surface area contributed by atoms with E-state index in [1.54, 1.807) is 12.1 Å². The molecule has 0 bridgehead atoms. The van der Waals surface area contributed by atoms with Gasteiger partial charge in [0.2, 0.25) is 0 Å². The van der Waals surface area contributed by atoms with Crippen LogP contribution in [0.1, 0.15) is 5.56 Å². The molecule has 0 atom stereocenters. The Bertz CT molecular complexity index is 496. The molecule has 108 valence electrons. The van der Waals surface area contributed by atoms with E-state index in [2.05, 4.69) is 4.90 Å². The van der Waals surface area contributed by atoms with Gasteiger partial charge in [-0.05, 0) is 6.07 Å². The summed E-state index contributed by atoms with van der Waals surface area (Å²) in [6.07, 6.45) is 0. The number of hydrogen-bond donors (Lipinski definition) is 0. The van der Waals surface area contributed by atoms with Gasteiger partial charge in [0.15, 0.2) is 11.5 Å². The van der Waals surface area contributed by atoms with E-state index in [0.717, 1.165) is 32.8 Å². The number of methoxy groups -OCH3 is 1. The SMILES string of the molecule is COc1cc(C#N)cc(Cl)c1OCCN1CCOCC1. The van der Waals surface area contributed by atoms with Gasteiger partial charge in [-0.2, -0.15) is 5.26 Å². The fourth-order valence-corrected chi connectivity index (χ4v) is 2.29. The molecule has 0 aliphatic carbocycles. The van der Waals surface area contributed by atoms with Crippen molar-refractivity contribution in [2.45, 2.75) is 0 Å². The van der Waals surface area contributed by atoms with Gasteiger partial charge in [-0.3, -0.25) is 4.90 Å². The summed E-state index contributed by atoms with van der Waals surface area (Å²) in [6.45, 7) is 4.69. The number of benzene rings is 1. The zero-order valence-electron chi connectivity index (χ0n) is 11.4. The summed E-state index contributed by atoms with van der Waals surface area (Å²) in [5, 5.41) is 9.29. The topological polar surface area (TPSA) is 54.7 Å². The largest absolute Gasteiger partial charge is 0.493 e. The molecule has 2 rings (SSSR count). The van der Waals surface area contributed by atoms with Crippen LogP contribution in [0.2, 0.25) is 5.02 Å². The molecule has 0 N–H and O–H groups in total. The third-order valence-electron chi connectivity index (χ3n) is 3.12. The highest BCUT2D eigenvalue weighted by Crippen LogP contribution is 2.36. The van der Waals surface area contributed by atoms with Gasteiger partial charge in [-0.1, -0.05) is 11.6 Å². The van der Waals surface area contributed by atoms with Gasteiger partial charge in [-0.15, -0.1) is 0 Å². The monoisotopic (exact) mass is 296 g/mol. The van der Waals surface area contributed by atoms with Gasteiger partial charge in [0, 0.05) is 25.7 Å². The van der Waals surface area contributed by atoms with Crippen LogP contribution in [-0.4, -0.2) is 51.5 Å². The van der Waals surface area contributed by atoms with Gasteiger partial charge in [-0.25, -0.2) is 0 Å². The Morgan fingerprint density at radius 1 is 1.40 bits per heavy atom. The summed E-state index contributed by atoms with van der Waals surface area (Å²) < 4.78 is 16.2. The molecule has 0 radical (unpaired) electrons. The van der Waals surface area contributed by atoms with Crippen molar-refractivity contribution in [3.05, 3.63) is 22.7 Å². The molecule has 0 saturated carbocycles. The highest BCUT2D eigenvalue weighted by atomic mass is 35.5. The number of rotatable bonds is 5. The fraction of sp³-hybridized carbons (Fsp3) is 0.500. The van der Waals surface area contributed by atoms with E-state index in [1.807, 2.05) is 6.07 Å². The van der Waals surface area contributed by atoms with Crippen LogP contribution in [-0.2, 0) is 4.74 Å². The summed E-state index contributed by atoms with van der Waals surface area (Å²) in [7, 11) is 1.53. The minimum atomic E-state index is 0.392. The highest BCUT2D eigenvalue weighted by molar-refractivity contribution is 6.32. The lowest BCUT2D eigenvalue weighted by atomic mass is 10.2. The second-order valence-corrected chi connectivity index (χ2v) is 4.81. The predicted molar refractivity (Wildman–Crippen MR) is 75.5 cm³/mol. The van der Waals surface area contributed by atoms with Crippen molar-refractivity contribution in [1.82, 2.24) is 4.90 Å². The molecule has 1 heterocycles. The molecule has 0 amide bonds. The number of nitrogens with zero attached hydrogens (tertiary/aromatic N) is 2. The van der Waals surface area contributed by atoms with Crippen LogP contribution in [0.4, 0.5) is 0 Å². The van der Waals surface area contributed by atoms with Crippen molar-refractivity contribution < 1.29 is 14.2 Å². The third kappa shape index (κ3) is 3.76. The molecule has 1 fully saturated rings. The average molecular weight is 297 g/mol. The second kappa shape index (κ2) is 7.34. The van der Waals surface area contributed by atoms with Crippen molar-refractivity contribution in [3.63, 3.8) is 0 Å². The van der Waals surface area contributed by atoms with E-state index in [-0.39, 0.29) is 0 Å². The minimum Gasteiger partial charge on any atom is -0.493 e. The lowest BCUT2D eigenvalue weighted by Crippen LogP contribution is -2.38. The molecule has 0 aromatic heterocycles. The third-order valence-corrected chi connectivity index (χ3v) is 3.40. The number of halogens is 1. The second-order valence-electron chi connectivity index (χ2n) is 4.40. The standard InChI is InChI=1S/C14H17ClN2O3/c1-18-13-9-11(10-16)8-12(15)14(13)20-7-4-17-2-5-19-6-3-17/h8-9H,2-7H2,1H3. The van der Waals surface area contributed by atoms with Gasteiger partial charge < -0.3 is 14.2 Å². The molecule has 1 aliphatic heterocycles. The molecule has 5 nitrogen and oxygen atoms in total. The first-order chi connectivity index (χ1) is 9.74. The minimum absolute atomic E-state index is 0.392. The quantitative estimate of drug-likeness (QED) is 0.831. The first-order valence-electron chi connectivity index (χ1n) is 6.45. The van der Waals surface area contributed by atoms with Crippen molar-refractivity contribution in [3.8, 4) is 17.6 Å². The first-order valence-corrected chi connectivity index (χ1v) is 6.83. The van der Waals surface area contributed by atoms with Crippen molar-refractivity contribution >= 4 is 11.6 Å². The van der Waals surface area contributed by atoms with Gasteiger partial charge >= 0.3 is 0 Å². The van der Waals surface area contributed by atoms with E-state index in [9.17, 15) is 0 Å². The van der Waals surface area contributed by atoms with E-state index in [4.69, 9.17) is 31.1 Å². The van der Waals surface area contributed by atoms with Crippen LogP contribution < -0.4 is 9.47 Å². The molecule has 0 unspecified atom stereocenters. The molecule has 1 aromatic carbocycles.